The maximum atomic E-state index is 13.3. The van der Waals surface area contributed by atoms with E-state index in [2.05, 4.69) is 30.7 Å². The zero-order valence-corrected chi connectivity index (χ0v) is 24.6. The number of thiazole rings is 1. The molecule has 0 saturated carbocycles. The van der Waals surface area contributed by atoms with Crippen LogP contribution in [-0.2, 0) is 27.3 Å². The highest BCUT2D eigenvalue weighted by molar-refractivity contribution is 8.00. The summed E-state index contributed by atoms with van der Waals surface area (Å²) < 4.78 is 10.9. The van der Waals surface area contributed by atoms with E-state index in [1.54, 1.807) is 18.2 Å². The normalized spacial score (nSPS) is 19.7. The molecular formula is C26H31N9O4S2. The zero-order chi connectivity index (χ0) is 28.7. The maximum Gasteiger partial charge on any atom is 0.239 e. The Morgan fingerprint density at radius 2 is 2.05 bits per heavy atom. The highest BCUT2D eigenvalue weighted by atomic mass is 32.2. The van der Waals surface area contributed by atoms with E-state index in [4.69, 9.17) is 15.2 Å². The Hall–Kier alpha value is -3.53. The minimum atomic E-state index is -0.427. The molecule has 0 radical (unpaired) electrons. The van der Waals surface area contributed by atoms with E-state index < -0.39 is 5.25 Å². The van der Waals surface area contributed by atoms with Crippen molar-refractivity contribution in [3.8, 4) is 5.75 Å². The van der Waals surface area contributed by atoms with Crippen molar-refractivity contribution in [3.63, 3.8) is 0 Å². The molecule has 2 atom stereocenters. The maximum absolute atomic E-state index is 13.3. The summed E-state index contributed by atoms with van der Waals surface area (Å²) in [5.41, 5.74) is 13.9. The SMILES string of the molecule is COc1c(C)cnc(CN2NC3CC(C(=O)Nc4nc(CC(=O)N5CCOCC5)cs4)Sc4nc(N)nc2c43)c1C. The van der Waals surface area contributed by atoms with Crippen LogP contribution in [0.15, 0.2) is 16.6 Å². The number of hydrogen-bond donors (Lipinski definition) is 3. The van der Waals surface area contributed by atoms with Gasteiger partial charge in [-0.15, -0.1) is 11.3 Å². The summed E-state index contributed by atoms with van der Waals surface area (Å²) in [6, 6.07) is -0.164. The number of carbonyl (C=O) groups excluding carboxylic acids is 2. The first kappa shape index (κ1) is 27.6. The van der Waals surface area contributed by atoms with Crippen LogP contribution in [0.4, 0.5) is 16.9 Å². The topological polar surface area (TPSA) is 161 Å². The van der Waals surface area contributed by atoms with Gasteiger partial charge < -0.3 is 25.4 Å². The molecule has 2 unspecified atom stereocenters. The lowest BCUT2D eigenvalue weighted by Crippen LogP contribution is -2.41. The number of rotatable bonds is 7. The summed E-state index contributed by atoms with van der Waals surface area (Å²) in [6.45, 7) is 6.66. The van der Waals surface area contributed by atoms with Crippen molar-refractivity contribution in [1.29, 1.82) is 0 Å². The fraction of sp³-hybridized carbons (Fsp3) is 0.462. The van der Waals surface area contributed by atoms with E-state index in [0.717, 1.165) is 28.1 Å². The average Bonchev–Trinajstić information content (AvgIpc) is 3.54. The standard InChI is InChI=1S/C26H31N9O4S2/c1-13-10-28-17(14(2)21(13)38-3)11-35-22-20-16(33-35)9-18(41-24(20)32-25(27)30-22)23(37)31-26-29-15(12-40-26)8-19(36)34-4-6-39-7-5-34/h10,12,16,18,33H,4-9,11H2,1-3H3,(H2,27,30,32)(H,29,31,37). The summed E-state index contributed by atoms with van der Waals surface area (Å²) in [4.78, 5) is 45.8. The minimum absolute atomic E-state index is 0.00957. The Kier molecular flexibility index (Phi) is 7.68. The molecule has 3 aromatic heterocycles. The van der Waals surface area contributed by atoms with Crippen LogP contribution in [0, 0.1) is 13.8 Å². The summed E-state index contributed by atoms with van der Waals surface area (Å²) >= 11 is 2.68. The van der Waals surface area contributed by atoms with Gasteiger partial charge in [-0.2, -0.15) is 4.98 Å². The Bertz CT molecular complexity index is 1490. The third-order valence-corrected chi connectivity index (χ3v) is 9.39. The molecule has 216 valence electrons. The number of carbonyl (C=O) groups is 2. The van der Waals surface area contributed by atoms with Gasteiger partial charge in [0.15, 0.2) is 10.9 Å². The number of morpholine rings is 1. The summed E-state index contributed by atoms with van der Waals surface area (Å²) in [7, 11) is 1.65. The van der Waals surface area contributed by atoms with Gasteiger partial charge in [0, 0.05) is 41.4 Å². The van der Waals surface area contributed by atoms with Crippen molar-refractivity contribution in [2.75, 3.05) is 49.5 Å². The number of nitrogens with zero attached hydrogens (tertiary/aromatic N) is 6. The molecule has 0 spiro atoms. The fourth-order valence-corrected chi connectivity index (χ4v) is 7.25. The number of hydrazine groups is 1. The predicted octanol–water partition coefficient (Wildman–Crippen LogP) is 2.01. The van der Waals surface area contributed by atoms with Crippen LogP contribution >= 0.6 is 23.1 Å². The summed E-state index contributed by atoms with van der Waals surface area (Å²) in [6.07, 6.45) is 2.52. The number of anilines is 3. The van der Waals surface area contributed by atoms with Crippen molar-refractivity contribution in [3.05, 3.63) is 39.7 Å². The van der Waals surface area contributed by atoms with Gasteiger partial charge in [-0.05, 0) is 20.3 Å². The number of amides is 2. The largest absolute Gasteiger partial charge is 0.496 e. The van der Waals surface area contributed by atoms with Gasteiger partial charge in [0.05, 0.1) is 56.0 Å². The van der Waals surface area contributed by atoms with Crippen LogP contribution in [0.5, 0.6) is 5.75 Å². The van der Waals surface area contributed by atoms with E-state index >= 15 is 0 Å². The Labute approximate surface area is 245 Å². The van der Waals surface area contributed by atoms with Crippen LogP contribution in [0.2, 0.25) is 0 Å². The van der Waals surface area contributed by atoms with Gasteiger partial charge in [0.1, 0.15) is 10.8 Å². The molecule has 2 amide bonds. The molecule has 6 rings (SSSR count). The van der Waals surface area contributed by atoms with E-state index in [-0.39, 0.29) is 30.2 Å². The smallest absolute Gasteiger partial charge is 0.239 e. The Balaban J connectivity index is 1.14. The van der Waals surface area contributed by atoms with Crippen molar-refractivity contribution >= 4 is 51.8 Å². The number of ether oxygens (including phenoxy) is 2. The van der Waals surface area contributed by atoms with E-state index in [1.165, 1.54) is 23.1 Å². The van der Waals surface area contributed by atoms with Gasteiger partial charge in [-0.1, -0.05) is 11.8 Å². The first-order chi connectivity index (χ1) is 19.8. The first-order valence-corrected chi connectivity index (χ1v) is 15.0. The second-order valence-corrected chi connectivity index (χ2v) is 12.1. The van der Waals surface area contributed by atoms with Crippen LogP contribution in [0.25, 0.3) is 0 Å². The molecule has 6 heterocycles. The average molecular weight is 598 g/mol. The first-order valence-electron chi connectivity index (χ1n) is 13.3. The Morgan fingerprint density at radius 3 is 2.83 bits per heavy atom. The van der Waals surface area contributed by atoms with Crippen molar-refractivity contribution < 1.29 is 19.1 Å². The van der Waals surface area contributed by atoms with Gasteiger partial charge in [0.2, 0.25) is 17.8 Å². The van der Waals surface area contributed by atoms with Crippen LogP contribution in [0.3, 0.4) is 0 Å². The van der Waals surface area contributed by atoms with Crippen molar-refractivity contribution in [2.24, 2.45) is 0 Å². The molecule has 1 fully saturated rings. The molecule has 0 aromatic carbocycles. The third-order valence-electron chi connectivity index (χ3n) is 7.36. The molecule has 4 N–H and O–H groups in total. The number of nitrogens with one attached hydrogen (secondary N) is 2. The Morgan fingerprint density at radius 1 is 1.24 bits per heavy atom. The number of thioether (sulfide) groups is 1. The van der Waals surface area contributed by atoms with Crippen molar-refractivity contribution in [1.82, 2.24) is 30.3 Å². The number of pyridine rings is 1. The van der Waals surface area contributed by atoms with Crippen molar-refractivity contribution in [2.45, 2.75) is 49.6 Å². The van der Waals surface area contributed by atoms with E-state index in [0.29, 0.717) is 60.9 Å². The highest BCUT2D eigenvalue weighted by Gasteiger charge is 2.42. The van der Waals surface area contributed by atoms with Crippen LogP contribution < -0.4 is 26.2 Å². The number of nitrogen functional groups attached to an aromatic ring is 1. The molecule has 0 aliphatic carbocycles. The zero-order valence-electron chi connectivity index (χ0n) is 23.0. The molecule has 3 aliphatic heterocycles. The molecule has 13 nitrogen and oxygen atoms in total. The van der Waals surface area contributed by atoms with E-state index in [1.807, 2.05) is 24.2 Å². The number of aromatic nitrogens is 4. The fourth-order valence-electron chi connectivity index (χ4n) is 5.31. The van der Waals surface area contributed by atoms with Gasteiger partial charge >= 0.3 is 0 Å². The van der Waals surface area contributed by atoms with E-state index in [9.17, 15) is 9.59 Å². The lowest BCUT2D eigenvalue weighted by Gasteiger charge is -2.26. The third kappa shape index (κ3) is 5.54. The molecule has 3 aromatic rings. The molecule has 15 heteroatoms. The second-order valence-electron chi connectivity index (χ2n) is 10.1. The molecule has 3 aliphatic rings. The number of aryl methyl sites for hydroxylation is 1. The number of nitrogens with two attached hydrogens (primary N) is 1. The monoisotopic (exact) mass is 597 g/mol. The molecule has 1 saturated heterocycles. The second kappa shape index (κ2) is 11.4. The molecular weight excluding hydrogens is 566 g/mol. The molecule has 41 heavy (non-hydrogen) atoms. The minimum Gasteiger partial charge on any atom is -0.496 e. The van der Waals surface area contributed by atoms with Gasteiger partial charge in [-0.25, -0.2) is 15.4 Å². The predicted molar refractivity (Wildman–Crippen MR) is 155 cm³/mol. The lowest BCUT2D eigenvalue weighted by molar-refractivity contribution is -0.134. The lowest BCUT2D eigenvalue weighted by atomic mass is 10.0. The molecule has 0 bridgehead atoms. The highest BCUT2D eigenvalue weighted by Crippen LogP contribution is 2.47. The van der Waals surface area contributed by atoms with Crippen LogP contribution in [0.1, 0.15) is 40.5 Å². The van der Waals surface area contributed by atoms with Gasteiger partial charge in [0.25, 0.3) is 0 Å². The number of methoxy groups -OCH3 is 1. The quantitative estimate of drug-likeness (QED) is 0.340. The summed E-state index contributed by atoms with van der Waals surface area (Å²) in [5.74, 6) is 1.47. The van der Waals surface area contributed by atoms with Crippen LogP contribution in [-0.4, -0.2) is 75.3 Å². The summed E-state index contributed by atoms with van der Waals surface area (Å²) in [5, 5.41) is 7.38. The van der Waals surface area contributed by atoms with Gasteiger partial charge in [-0.3, -0.25) is 19.6 Å². The number of hydrogen-bond acceptors (Lipinski definition) is 13.